The Morgan fingerprint density at radius 2 is 0.947 bits per heavy atom. The molecule has 10 heterocycles. The number of fused-ring (bicyclic) bond motifs is 8. The number of anilines is 2. The fourth-order valence-corrected chi connectivity index (χ4v) is 10.1. The summed E-state index contributed by atoms with van der Waals surface area (Å²) < 4.78 is 44.4. The Balaban J connectivity index is 0.000000146. The van der Waals surface area contributed by atoms with Gasteiger partial charge in [0.15, 0.2) is 46.2 Å². The molecule has 4 aromatic carbocycles. The zero-order valence-corrected chi connectivity index (χ0v) is 40.1. The largest absolute Gasteiger partial charge is 0.461 e. The van der Waals surface area contributed by atoms with E-state index in [1.807, 2.05) is 60.7 Å². The summed E-state index contributed by atoms with van der Waals surface area (Å²) in [5.41, 5.74) is 19.5. The first kappa shape index (κ1) is 45.7. The van der Waals surface area contributed by atoms with Crippen molar-refractivity contribution in [1.29, 1.82) is 0 Å². The minimum atomic E-state index is -0.794. The van der Waals surface area contributed by atoms with E-state index in [0.717, 1.165) is 33.4 Å². The number of amides is 2. The van der Waals surface area contributed by atoms with Crippen LogP contribution in [-0.4, -0.2) is 93.4 Å². The Bertz CT molecular complexity index is 3890. The van der Waals surface area contributed by atoms with E-state index in [9.17, 15) is 18.4 Å². The van der Waals surface area contributed by atoms with Gasteiger partial charge in [0.05, 0.1) is 35.7 Å². The van der Waals surface area contributed by atoms with Crippen molar-refractivity contribution in [2.24, 2.45) is 0 Å². The van der Waals surface area contributed by atoms with Crippen molar-refractivity contribution in [3.63, 3.8) is 0 Å². The lowest BCUT2D eigenvalue weighted by Crippen LogP contribution is -2.41. The predicted molar refractivity (Wildman–Crippen MR) is 273 cm³/mol. The van der Waals surface area contributed by atoms with Gasteiger partial charge < -0.3 is 30.1 Å². The molecule has 20 nitrogen and oxygen atoms in total. The van der Waals surface area contributed by atoms with Crippen molar-refractivity contribution in [2.45, 2.75) is 38.0 Å². The molecule has 0 fully saturated rings. The zero-order valence-electron chi connectivity index (χ0n) is 40.1. The zero-order chi connectivity index (χ0) is 51.6. The van der Waals surface area contributed by atoms with E-state index in [2.05, 4.69) is 40.3 Å². The summed E-state index contributed by atoms with van der Waals surface area (Å²) in [5, 5.41) is 19.3. The van der Waals surface area contributed by atoms with E-state index >= 15 is 0 Å². The van der Waals surface area contributed by atoms with Gasteiger partial charge in [-0.05, 0) is 94.8 Å². The molecule has 2 atom stereocenters. The highest BCUT2D eigenvalue weighted by Crippen LogP contribution is 2.33. The van der Waals surface area contributed by atoms with Crippen molar-refractivity contribution < 1.29 is 27.2 Å². The molecule has 8 aromatic heterocycles. The van der Waals surface area contributed by atoms with Gasteiger partial charge in [-0.25, -0.2) is 28.1 Å². The Hall–Kier alpha value is -10.1. The molecule has 76 heavy (non-hydrogen) atoms. The molecule has 0 saturated heterocycles. The van der Waals surface area contributed by atoms with Crippen LogP contribution in [0.2, 0.25) is 0 Å². The normalized spacial score (nSPS) is 14.2. The van der Waals surface area contributed by atoms with Crippen molar-refractivity contribution in [3.05, 3.63) is 191 Å². The lowest BCUT2D eigenvalue weighted by molar-refractivity contribution is -0.135. The molecular weight excluding hydrogens is 975 g/mol. The Morgan fingerprint density at radius 3 is 1.36 bits per heavy atom. The number of nitrogens with two attached hydrogens (primary N) is 2. The summed E-state index contributed by atoms with van der Waals surface area (Å²) in [4.78, 5) is 50.2. The second-order valence-electron chi connectivity index (χ2n) is 18.4. The summed E-state index contributed by atoms with van der Waals surface area (Å²) in [6, 6.07) is 33.7. The van der Waals surface area contributed by atoms with Crippen molar-refractivity contribution in [1.82, 2.24) is 68.5 Å². The molecule has 0 bridgehead atoms. The van der Waals surface area contributed by atoms with Crippen LogP contribution < -0.4 is 11.5 Å². The quantitative estimate of drug-likeness (QED) is 0.152. The van der Waals surface area contributed by atoms with Crippen LogP contribution in [0.3, 0.4) is 0 Å². The van der Waals surface area contributed by atoms with Crippen LogP contribution in [0.15, 0.2) is 155 Å². The minimum absolute atomic E-state index is 0.104. The molecule has 0 saturated carbocycles. The van der Waals surface area contributed by atoms with Crippen molar-refractivity contribution in [2.75, 3.05) is 24.6 Å². The molecule has 0 radical (unpaired) electrons. The topological polar surface area (TPSA) is 241 Å². The first-order valence-corrected chi connectivity index (χ1v) is 24.2. The summed E-state index contributed by atoms with van der Waals surface area (Å²) in [7, 11) is 0. The number of aromatic nitrogens is 12. The van der Waals surface area contributed by atoms with Crippen LogP contribution in [0.4, 0.5) is 20.7 Å². The van der Waals surface area contributed by atoms with E-state index < -0.39 is 12.1 Å². The molecular formula is C54H42F2N16O4. The number of furan rings is 2. The summed E-state index contributed by atoms with van der Waals surface area (Å²) >= 11 is 0. The fraction of sp³-hybridized carbons (Fsp3) is 0.148. The molecule has 2 amide bonds. The van der Waals surface area contributed by atoms with Gasteiger partial charge in [0.25, 0.3) is 11.8 Å². The van der Waals surface area contributed by atoms with E-state index in [-0.39, 0.29) is 35.3 Å². The molecule has 376 valence electrons. The maximum absolute atomic E-state index is 14.1. The Morgan fingerprint density at radius 1 is 0.513 bits per heavy atom. The first-order valence-electron chi connectivity index (χ1n) is 24.2. The van der Waals surface area contributed by atoms with E-state index in [1.54, 1.807) is 92.6 Å². The summed E-state index contributed by atoms with van der Waals surface area (Å²) in [6.45, 7) is 1.70. The maximum atomic E-state index is 14.1. The third kappa shape index (κ3) is 7.98. The molecule has 0 aliphatic carbocycles. The smallest absolute Gasteiger partial charge is 0.252 e. The SMILES string of the molecule is Nc1nc2c(cnn2[C@@H](C(=O)N2CCc3cc(F)ccc3C2)c2ccccc2)c2nc(-c3ccco3)nn12.Nc1nc2c(cnn2[C@H](C(=O)N2CCc3cc(F)ccc3C2)c2ccccc2)c2nc(-c3ccco3)nn12. The highest BCUT2D eigenvalue weighted by molar-refractivity contribution is 5.94. The second-order valence-corrected chi connectivity index (χ2v) is 18.4. The standard InChI is InChI=1S/2C27H21FN8O2/c2*28-19-9-8-18-15-34(11-10-17(18)13-19)26(37)22(16-5-2-1-3-6-16)35-25-20(14-30-35)24-31-23(21-7-4-12-38-21)33-36(24)27(29)32-25/h2*1-9,12-14,22H,10-11,15H2,(H2,29,32)/t2*22-/m10/s1. The maximum Gasteiger partial charge on any atom is 0.252 e. The van der Waals surface area contributed by atoms with Crippen LogP contribution >= 0.6 is 0 Å². The van der Waals surface area contributed by atoms with Gasteiger partial charge in [-0.3, -0.25) is 9.59 Å². The fourth-order valence-electron chi connectivity index (χ4n) is 10.1. The van der Waals surface area contributed by atoms with Gasteiger partial charge in [0.1, 0.15) is 11.6 Å². The number of hydrogen-bond donors (Lipinski definition) is 2. The number of carbonyl (C=O) groups excluding carboxylic acids is 2. The monoisotopic (exact) mass is 1020 g/mol. The Kier molecular flexibility index (Phi) is 11.1. The van der Waals surface area contributed by atoms with Gasteiger partial charge in [0.2, 0.25) is 23.5 Å². The third-order valence-corrected chi connectivity index (χ3v) is 13.8. The average molecular weight is 1020 g/mol. The van der Waals surface area contributed by atoms with E-state index in [1.165, 1.54) is 21.2 Å². The number of hydrogen-bond acceptors (Lipinski definition) is 14. The molecule has 2 aliphatic heterocycles. The molecule has 2 aliphatic rings. The summed E-state index contributed by atoms with van der Waals surface area (Å²) in [5.74, 6) is 1.10. The summed E-state index contributed by atoms with van der Waals surface area (Å²) in [6.07, 6.45) is 7.47. The molecule has 0 unspecified atom stereocenters. The lowest BCUT2D eigenvalue weighted by atomic mass is 9.98. The number of carbonyl (C=O) groups is 2. The minimum Gasteiger partial charge on any atom is -0.461 e. The van der Waals surface area contributed by atoms with Crippen LogP contribution in [-0.2, 0) is 35.5 Å². The van der Waals surface area contributed by atoms with E-state index in [0.29, 0.717) is 95.6 Å². The molecule has 14 rings (SSSR count). The highest BCUT2D eigenvalue weighted by atomic mass is 19.1. The second kappa shape index (κ2) is 18.4. The predicted octanol–water partition coefficient (Wildman–Crippen LogP) is 7.26. The highest BCUT2D eigenvalue weighted by Gasteiger charge is 2.35. The van der Waals surface area contributed by atoms with Crippen LogP contribution in [0, 0.1) is 11.6 Å². The average Bonchev–Trinajstić information content (AvgIpc) is 4.35. The van der Waals surface area contributed by atoms with Crippen LogP contribution in [0.25, 0.3) is 56.5 Å². The number of nitrogens with zero attached hydrogens (tertiary/aromatic N) is 14. The number of nitrogen functional groups attached to an aromatic ring is 2. The number of halogens is 2. The van der Waals surface area contributed by atoms with Crippen molar-refractivity contribution >= 4 is 57.1 Å². The van der Waals surface area contributed by atoms with Crippen LogP contribution in [0.1, 0.15) is 45.5 Å². The van der Waals surface area contributed by atoms with Crippen molar-refractivity contribution in [3.8, 4) is 23.2 Å². The van der Waals surface area contributed by atoms with E-state index in [4.69, 9.17) is 20.3 Å². The molecule has 12 aromatic rings. The van der Waals surface area contributed by atoms with Crippen LogP contribution in [0.5, 0.6) is 0 Å². The molecule has 0 spiro atoms. The van der Waals surface area contributed by atoms with Gasteiger partial charge in [-0.15, -0.1) is 10.2 Å². The third-order valence-electron chi connectivity index (χ3n) is 13.8. The molecule has 4 N–H and O–H groups in total. The van der Waals surface area contributed by atoms with Gasteiger partial charge in [-0.1, -0.05) is 72.8 Å². The van der Waals surface area contributed by atoms with Gasteiger partial charge in [-0.2, -0.15) is 29.2 Å². The lowest BCUT2D eigenvalue weighted by Gasteiger charge is -2.32. The number of benzene rings is 4. The van der Waals surface area contributed by atoms with Gasteiger partial charge >= 0.3 is 0 Å². The number of rotatable bonds is 8. The van der Waals surface area contributed by atoms with Gasteiger partial charge in [0, 0.05) is 26.2 Å². The first-order chi connectivity index (χ1) is 37.1. The molecule has 22 heteroatoms. The Labute approximate surface area is 428 Å².